The number of nitrogens with one attached hydrogen (secondary N) is 5. The molecule has 1 aliphatic rings. The highest BCUT2D eigenvalue weighted by molar-refractivity contribution is 5.96. The standard InChI is InChI=1S/C30H56N10O8/c1-5-17(2)23(27(45)36-18(3)29(47)48)39-25(43)20(11-8-14-35-30(32)33)37-24(42)19(10-6-7-13-31)38-26(44)22-12-9-15-40(22)28(46)21(16-41)34-4/h17-23,34,41H,5-16,31H2,1-4H3,(H,36,45)(H,37,42)(H,38,44)(H,39,43)(H,47,48)(H4,32,33,35)/t17-,18-,19-,20-,21-,22-,23-/m0/s1. The minimum atomic E-state index is -1.24. The van der Waals surface area contributed by atoms with Gasteiger partial charge in [0.25, 0.3) is 0 Å². The first-order chi connectivity index (χ1) is 22.7. The summed E-state index contributed by atoms with van der Waals surface area (Å²) in [5, 5.41) is 32.0. The van der Waals surface area contributed by atoms with E-state index in [1.54, 1.807) is 6.92 Å². The molecule has 274 valence electrons. The number of likely N-dealkylation sites (tertiary alicyclic amines) is 1. The zero-order valence-electron chi connectivity index (χ0n) is 28.5. The molecule has 1 aliphatic heterocycles. The van der Waals surface area contributed by atoms with E-state index in [1.807, 2.05) is 6.92 Å². The fourth-order valence-corrected chi connectivity index (χ4v) is 5.19. The second kappa shape index (κ2) is 21.8. The second-order valence-electron chi connectivity index (χ2n) is 12.0. The number of carboxylic acids is 1. The minimum Gasteiger partial charge on any atom is -0.480 e. The summed E-state index contributed by atoms with van der Waals surface area (Å²) in [5.41, 5.74) is 16.5. The number of hydrogen-bond donors (Lipinski definition) is 10. The molecule has 0 unspecified atom stereocenters. The van der Waals surface area contributed by atoms with Crippen molar-refractivity contribution >= 4 is 41.5 Å². The number of carbonyl (C=O) groups excluding carboxylic acids is 5. The van der Waals surface area contributed by atoms with Crippen LogP contribution in [-0.2, 0) is 28.8 Å². The third-order valence-corrected chi connectivity index (χ3v) is 8.35. The first kappa shape index (κ1) is 42.0. The molecule has 0 bridgehead atoms. The average molecular weight is 685 g/mol. The molecule has 0 aliphatic carbocycles. The average Bonchev–Trinajstić information content (AvgIpc) is 3.54. The van der Waals surface area contributed by atoms with Crippen molar-refractivity contribution in [3.05, 3.63) is 0 Å². The van der Waals surface area contributed by atoms with Crippen LogP contribution in [0.3, 0.4) is 0 Å². The first-order valence-electron chi connectivity index (χ1n) is 16.5. The molecule has 1 saturated heterocycles. The molecule has 7 atom stereocenters. The summed E-state index contributed by atoms with van der Waals surface area (Å²) in [7, 11) is 1.53. The van der Waals surface area contributed by atoms with Crippen LogP contribution >= 0.6 is 0 Å². The molecule has 0 aromatic heterocycles. The molecule has 0 saturated carbocycles. The lowest BCUT2D eigenvalue weighted by Gasteiger charge is -2.30. The summed E-state index contributed by atoms with van der Waals surface area (Å²) in [6.07, 6.45) is 2.98. The number of aliphatic carboxylic acids is 1. The Labute approximate surface area is 281 Å². The molecule has 1 fully saturated rings. The molecule has 5 amide bonds. The lowest BCUT2D eigenvalue weighted by Crippen LogP contribution is -2.60. The van der Waals surface area contributed by atoms with Crippen molar-refractivity contribution in [2.75, 3.05) is 33.3 Å². The minimum absolute atomic E-state index is 0.0651. The van der Waals surface area contributed by atoms with Crippen molar-refractivity contribution < 1.29 is 39.0 Å². The largest absolute Gasteiger partial charge is 0.480 e. The van der Waals surface area contributed by atoms with E-state index in [4.69, 9.17) is 17.2 Å². The van der Waals surface area contributed by atoms with E-state index in [0.717, 1.165) is 0 Å². The Morgan fingerprint density at radius 2 is 1.52 bits per heavy atom. The Morgan fingerprint density at radius 1 is 0.896 bits per heavy atom. The molecular weight excluding hydrogens is 628 g/mol. The van der Waals surface area contributed by atoms with E-state index in [-0.39, 0.29) is 37.7 Å². The summed E-state index contributed by atoms with van der Waals surface area (Å²) < 4.78 is 0. The van der Waals surface area contributed by atoms with Gasteiger partial charge >= 0.3 is 5.97 Å². The number of nitrogens with two attached hydrogens (primary N) is 3. The summed E-state index contributed by atoms with van der Waals surface area (Å²) in [4.78, 5) is 83.4. The van der Waals surface area contributed by atoms with Crippen LogP contribution in [0.4, 0.5) is 0 Å². The maximum absolute atomic E-state index is 13.7. The van der Waals surface area contributed by atoms with Gasteiger partial charge in [-0.2, -0.15) is 0 Å². The highest BCUT2D eigenvalue weighted by atomic mass is 16.4. The Kier molecular flexibility index (Phi) is 19.0. The van der Waals surface area contributed by atoms with Crippen molar-refractivity contribution in [3.63, 3.8) is 0 Å². The van der Waals surface area contributed by atoms with Crippen molar-refractivity contribution in [2.24, 2.45) is 28.1 Å². The lowest BCUT2D eigenvalue weighted by molar-refractivity contribution is -0.142. The third-order valence-electron chi connectivity index (χ3n) is 8.35. The van der Waals surface area contributed by atoms with Gasteiger partial charge in [0.2, 0.25) is 29.5 Å². The Balaban J connectivity index is 3.25. The zero-order chi connectivity index (χ0) is 36.4. The Hall–Kier alpha value is -4.03. The molecule has 0 radical (unpaired) electrons. The van der Waals surface area contributed by atoms with Gasteiger partial charge in [-0.05, 0) is 71.4 Å². The SMILES string of the molecule is CC[C@H](C)[C@H](NC(=O)[C@H](CCCN=C(N)N)NC(=O)[C@H](CCCCN)NC(=O)[C@@H]1CCCN1C(=O)[C@H](CO)NC)C(=O)N[C@@H](C)C(=O)O. The fraction of sp³-hybridized carbons (Fsp3) is 0.767. The highest BCUT2D eigenvalue weighted by Crippen LogP contribution is 2.19. The van der Waals surface area contributed by atoms with Crippen LogP contribution in [0.2, 0.25) is 0 Å². The van der Waals surface area contributed by atoms with Gasteiger partial charge in [-0.3, -0.25) is 33.8 Å². The number of guanidine groups is 1. The summed E-state index contributed by atoms with van der Waals surface area (Å²) >= 11 is 0. The number of aliphatic hydroxyl groups is 1. The number of unbranched alkanes of at least 4 members (excludes halogenated alkanes) is 1. The molecule has 1 heterocycles. The smallest absolute Gasteiger partial charge is 0.325 e. The Bertz CT molecular complexity index is 1120. The lowest BCUT2D eigenvalue weighted by atomic mass is 9.97. The molecule has 0 aromatic rings. The van der Waals surface area contributed by atoms with Gasteiger partial charge in [0, 0.05) is 13.1 Å². The maximum atomic E-state index is 13.7. The van der Waals surface area contributed by atoms with Gasteiger partial charge in [0.05, 0.1) is 6.61 Å². The molecular formula is C30H56N10O8. The Morgan fingerprint density at radius 3 is 2.08 bits per heavy atom. The summed E-state index contributed by atoms with van der Waals surface area (Å²) in [5.74, 6) is -4.81. The number of amides is 5. The van der Waals surface area contributed by atoms with E-state index in [2.05, 4.69) is 31.6 Å². The molecule has 0 aromatic carbocycles. The number of rotatable bonds is 22. The number of nitrogens with zero attached hydrogens (tertiary/aromatic N) is 2. The van der Waals surface area contributed by atoms with Crippen molar-refractivity contribution in [3.8, 4) is 0 Å². The van der Waals surface area contributed by atoms with Gasteiger partial charge in [-0.1, -0.05) is 20.3 Å². The number of carboxylic acid groups (broad SMARTS) is 1. The highest BCUT2D eigenvalue weighted by Gasteiger charge is 2.38. The zero-order valence-corrected chi connectivity index (χ0v) is 28.5. The van der Waals surface area contributed by atoms with Gasteiger partial charge in [-0.25, -0.2) is 0 Å². The van der Waals surface area contributed by atoms with E-state index in [0.29, 0.717) is 45.2 Å². The summed E-state index contributed by atoms with van der Waals surface area (Å²) in [6.45, 7) is 5.20. The van der Waals surface area contributed by atoms with Crippen LogP contribution in [0.5, 0.6) is 0 Å². The van der Waals surface area contributed by atoms with E-state index < -0.39 is 78.4 Å². The fourth-order valence-electron chi connectivity index (χ4n) is 5.19. The predicted octanol–water partition coefficient (Wildman–Crippen LogP) is -3.17. The van der Waals surface area contributed by atoms with Crippen LogP contribution < -0.4 is 43.8 Å². The van der Waals surface area contributed by atoms with Gasteiger partial charge < -0.3 is 58.9 Å². The van der Waals surface area contributed by atoms with Crippen molar-refractivity contribution in [1.29, 1.82) is 0 Å². The van der Waals surface area contributed by atoms with Crippen molar-refractivity contribution in [1.82, 2.24) is 31.5 Å². The topological polar surface area (TPSA) is 297 Å². The van der Waals surface area contributed by atoms with Crippen LogP contribution in [0.25, 0.3) is 0 Å². The van der Waals surface area contributed by atoms with E-state index >= 15 is 0 Å². The van der Waals surface area contributed by atoms with E-state index in [1.165, 1.54) is 18.9 Å². The third kappa shape index (κ3) is 13.6. The number of aliphatic imine (C=N–C) groups is 1. The molecule has 0 spiro atoms. The second-order valence-corrected chi connectivity index (χ2v) is 12.0. The molecule has 1 rings (SSSR count). The molecule has 18 nitrogen and oxygen atoms in total. The van der Waals surface area contributed by atoms with Gasteiger partial charge in [0.15, 0.2) is 5.96 Å². The normalized spacial score (nSPS) is 18.0. The van der Waals surface area contributed by atoms with Crippen LogP contribution in [0.15, 0.2) is 4.99 Å². The summed E-state index contributed by atoms with van der Waals surface area (Å²) in [6, 6.07) is -6.30. The molecule has 48 heavy (non-hydrogen) atoms. The van der Waals surface area contributed by atoms with Crippen LogP contribution in [0.1, 0.15) is 72.1 Å². The number of aliphatic hydroxyl groups excluding tert-OH is 1. The molecule has 13 N–H and O–H groups in total. The van der Waals surface area contributed by atoms with Crippen molar-refractivity contribution in [2.45, 2.75) is 108 Å². The molecule has 18 heteroatoms. The van der Waals surface area contributed by atoms with E-state index in [9.17, 15) is 39.0 Å². The van der Waals surface area contributed by atoms with Gasteiger partial charge in [0.1, 0.15) is 36.3 Å². The van der Waals surface area contributed by atoms with Gasteiger partial charge in [-0.15, -0.1) is 0 Å². The quantitative estimate of drug-likeness (QED) is 0.0307. The maximum Gasteiger partial charge on any atom is 0.325 e. The number of carbonyl (C=O) groups is 6. The predicted molar refractivity (Wildman–Crippen MR) is 178 cm³/mol. The first-order valence-corrected chi connectivity index (χ1v) is 16.5. The van der Waals surface area contributed by atoms with Crippen LogP contribution in [-0.4, -0.2) is 126 Å². The monoisotopic (exact) mass is 684 g/mol. The van der Waals surface area contributed by atoms with Crippen LogP contribution in [0, 0.1) is 5.92 Å². The number of hydrogen-bond acceptors (Lipinski definition) is 10. The number of likely N-dealkylation sites (N-methyl/N-ethyl adjacent to an activating group) is 1.